The Hall–Kier alpha value is -2.17. The highest BCUT2D eigenvalue weighted by molar-refractivity contribution is 5.88. The van der Waals surface area contributed by atoms with Gasteiger partial charge >= 0.3 is 11.9 Å². The molecule has 138 valence electrons. The van der Waals surface area contributed by atoms with Gasteiger partial charge in [-0.15, -0.1) is 0 Å². The predicted octanol–water partition coefficient (Wildman–Crippen LogP) is 4.37. The molecule has 0 aliphatic carbocycles. The Morgan fingerprint density at radius 3 is 2.52 bits per heavy atom. The van der Waals surface area contributed by atoms with Crippen LogP contribution in [0.3, 0.4) is 0 Å². The molecule has 0 heterocycles. The number of carbonyl (C=O) groups excluding carboxylic acids is 2. The van der Waals surface area contributed by atoms with Crippen molar-refractivity contribution < 1.29 is 23.5 Å². The fourth-order valence-corrected chi connectivity index (χ4v) is 2.41. The molecule has 0 atom stereocenters. The molecule has 5 heteroatoms. The second-order valence-corrected chi connectivity index (χ2v) is 6.82. The summed E-state index contributed by atoms with van der Waals surface area (Å²) in [4.78, 5) is 23.3. The lowest BCUT2D eigenvalue weighted by molar-refractivity contribution is -0.148. The maximum absolute atomic E-state index is 13.7. The van der Waals surface area contributed by atoms with Crippen molar-refractivity contribution in [2.45, 2.75) is 59.5 Å². The van der Waals surface area contributed by atoms with Crippen LogP contribution in [0.4, 0.5) is 4.39 Å². The zero-order chi connectivity index (χ0) is 19.0. The molecule has 1 rings (SSSR count). The van der Waals surface area contributed by atoms with Gasteiger partial charge in [0.2, 0.25) is 0 Å². The zero-order valence-corrected chi connectivity index (χ0v) is 15.6. The molecule has 0 radical (unpaired) electrons. The van der Waals surface area contributed by atoms with Crippen LogP contribution in [0.15, 0.2) is 18.2 Å². The first-order valence-electron chi connectivity index (χ1n) is 8.48. The molecule has 0 unspecified atom stereocenters. The van der Waals surface area contributed by atoms with Crippen LogP contribution < -0.4 is 0 Å². The lowest BCUT2D eigenvalue weighted by Crippen LogP contribution is -2.22. The summed E-state index contributed by atoms with van der Waals surface area (Å²) < 4.78 is 23.9. The predicted molar refractivity (Wildman–Crippen MR) is 95.6 cm³/mol. The average molecular weight is 350 g/mol. The Morgan fingerprint density at radius 1 is 1.24 bits per heavy atom. The molecular formula is C20H27FO4. The van der Waals surface area contributed by atoms with E-state index in [1.54, 1.807) is 40.7 Å². The molecule has 4 nitrogen and oxygen atoms in total. The molecular weight excluding hydrogens is 323 g/mol. The zero-order valence-electron chi connectivity index (χ0n) is 15.6. The number of benzene rings is 1. The number of esters is 2. The van der Waals surface area contributed by atoms with Gasteiger partial charge in [-0.05, 0) is 82.4 Å². The van der Waals surface area contributed by atoms with E-state index in [0.717, 1.165) is 16.7 Å². The minimum Gasteiger partial charge on any atom is -0.466 e. The Labute approximate surface area is 149 Å². The second kappa shape index (κ2) is 9.35. The molecule has 0 fully saturated rings. The Morgan fingerprint density at radius 2 is 1.92 bits per heavy atom. The van der Waals surface area contributed by atoms with Gasteiger partial charge in [-0.3, -0.25) is 4.79 Å². The third-order valence-corrected chi connectivity index (χ3v) is 3.36. The van der Waals surface area contributed by atoms with Crippen molar-refractivity contribution in [2.75, 3.05) is 6.61 Å². The summed E-state index contributed by atoms with van der Waals surface area (Å²) in [7, 11) is 0. The highest BCUT2D eigenvalue weighted by Crippen LogP contribution is 2.21. The van der Waals surface area contributed by atoms with Crippen molar-refractivity contribution in [2.24, 2.45) is 0 Å². The molecule has 0 aliphatic heterocycles. The van der Waals surface area contributed by atoms with Gasteiger partial charge in [0.15, 0.2) is 0 Å². The van der Waals surface area contributed by atoms with Crippen LogP contribution in [0, 0.1) is 12.7 Å². The van der Waals surface area contributed by atoms with Gasteiger partial charge in [-0.2, -0.15) is 0 Å². The minimum atomic E-state index is -0.568. The maximum atomic E-state index is 13.7. The molecule has 0 saturated heterocycles. The van der Waals surface area contributed by atoms with Crippen molar-refractivity contribution in [3.05, 3.63) is 40.7 Å². The Bertz CT molecular complexity index is 642. The smallest absolute Gasteiger partial charge is 0.331 e. The van der Waals surface area contributed by atoms with E-state index >= 15 is 0 Å². The number of aryl methyl sites for hydroxylation is 2. The van der Waals surface area contributed by atoms with Crippen LogP contribution >= 0.6 is 0 Å². The third kappa shape index (κ3) is 7.96. The van der Waals surface area contributed by atoms with Crippen molar-refractivity contribution in [3.63, 3.8) is 0 Å². The summed E-state index contributed by atoms with van der Waals surface area (Å²) >= 11 is 0. The summed E-state index contributed by atoms with van der Waals surface area (Å²) in [5.41, 5.74) is 1.69. The first-order chi connectivity index (χ1) is 11.6. The van der Waals surface area contributed by atoms with E-state index in [2.05, 4.69) is 0 Å². The summed E-state index contributed by atoms with van der Waals surface area (Å²) in [6.45, 7) is 9.27. The summed E-state index contributed by atoms with van der Waals surface area (Å²) in [6, 6.07) is 2.86. The molecule has 0 N–H and O–H groups in total. The molecule has 25 heavy (non-hydrogen) atoms. The van der Waals surface area contributed by atoms with Gasteiger partial charge in [-0.1, -0.05) is 0 Å². The minimum absolute atomic E-state index is 0.263. The molecule has 0 aliphatic rings. The van der Waals surface area contributed by atoms with Crippen molar-refractivity contribution in [1.82, 2.24) is 0 Å². The van der Waals surface area contributed by atoms with Crippen LogP contribution in [0.5, 0.6) is 0 Å². The standard InChI is InChI=1S/C20H27FO4/c1-6-24-18(22)9-7-8-15-13-16(21)12-14(2)17(15)10-11-19(23)25-20(3,4)5/h10-13H,6-9H2,1-5H3/b11-10+. The van der Waals surface area contributed by atoms with Gasteiger partial charge in [0.1, 0.15) is 11.4 Å². The monoisotopic (exact) mass is 350 g/mol. The largest absolute Gasteiger partial charge is 0.466 e. The average Bonchev–Trinajstić information content (AvgIpc) is 2.44. The molecule has 1 aromatic carbocycles. The van der Waals surface area contributed by atoms with E-state index in [0.29, 0.717) is 19.4 Å². The van der Waals surface area contributed by atoms with Gasteiger partial charge in [-0.25, -0.2) is 9.18 Å². The van der Waals surface area contributed by atoms with Crippen LogP contribution in [0.1, 0.15) is 57.2 Å². The molecule has 0 saturated carbocycles. The number of carbonyl (C=O) groups is 2. The lowest BCUT2D eigenvalue weighted by Gasteiger charge is -2.18. The Kier molecular flexibility index (Phi) is 7.81. The fraction of sp³-hybridized carbons (Fsp3) is 0.500. The van der Waals surface area contributed by atoms with Crippen LogP contribution in [-0.2, 0) is 25.5 Å². The number of rotatable bonds is 7. The number of ether oxygens (including phenoxy) is 2. The topological polar surface area (TPSA) is 52.6 Å². The summed E-state index contributed by atoms with van der Waals surface area (Å²) in [5.74, 6) is -1.05. The van der Waals surface area contributed by atoms with Crippen LogP contribution in [-0.4, -0.2) is 24.1 Å². The van der Waals surface area contributed by atoms with Gasteiger partial charge in [0, 0.05) is 12.5 Å². The first-order valence-corrected chi connectivity index (χ1v) is 8.48. The van der Waals surface area contributed by atoms with Crippen LogP contribution in [0.2, 0.25) is 0 Å². The van der Waals surface area contributed by atoms with Crippen molar-refractivity contribution in [3.8, 4) is 0 Å². The lowest BCUT2D eigenvalue weighted by atomic mass is 9.97. The van der Waals surface area contributed by atoms with Gasteiger partial charge < -0.3 is 9.47 Å². The van der Waals surface area contributed by atoms with E-state index in [1.165, 1.54) is 18.2 Å². The van der Waals surface area contributed by atoms with E-state index in [4.69, 9.17) is 9.47 Å². The second-order valence-electron chi connectivity index (χ2n) is 6.82. The normalized spacial score (nSPS) is 11.6. The van der Waals surface area contributed by atoms with Gasteiger partial charge in [0.25, 0.3) is 0 Å². The van der Waals surface area contributed by atoms with Crippen molar-refractivity contribution >= 4 is 18.0 Å². The third-order valence-electron chi connectivity index (χ3n) is 3.36. The molecule has 0 amide bonds. The summed E-state index contributed by atoms with van der Waals surface area (Å²) in [6.07, 6.45) is 4.34. The van der Waals surface area contributed by atoms with E-state index < -0.39 is 11.6 Å². The van der Waals surface area contributed by atoms with Gasteiger partial charge in [0.05, 0.1) is 6.61 Å². The first kappa shape index (κ1) is 20.9. The van der Waals surface area contributed by atoms with Crippen molar-refractivity contribution in [1.29, 1.82) is 0 Å². The highest BCUT2D eigenvalue weighted by atomic mass is 19.1. The number of hydrogen-bond donors (Lipinski definition) is 0. The molecule has 0 bridgehead atoms. The highest BCUT2D eigenvalue weighted by Gasteiger charge is 2.14. The number of hydrogen-bond acceptors (Lipinski definition) is 4. The number of halogens is 1. The maximum Gasteiger partial charge on any atom is 0.331 e. The molecule has 0 spiro atoms. The van der Waals surface area contributed by atoms with Crippen LogP contribution in [0.25, 0.3) is 6.08 Å². The SMILES string of the molecule is CCOC(=O)CCCc1cc(F)cc(C)c1/C=C/C(=O)OC(C)(C)C. The quantitative estimate of drug-likeness (QED) is 0.541. The Balaban J connectivity index is 2.87. The summed E-state index contributed by atoms with van der Waals surface area (Å²) in [5, 5.41) is 0. The molecule has 1 aromatic rings. The molecule has 0 aromatic heterocycles. The fourth-order valence-electron chi connectivity index (χ4n) is 2.41. The van der Waals surface area contributed by atoms with E-state index in [1.807, 2.05) is 0 Å². The van der Waals surface area contributed by atoms with E-state index in [9.17, 15) is 14.0 Å². The van der Waals surface area contributed by atoms with E-state index in [-0.39, 0.29) is 18.2 Å².